The number of rotatable bonds is 8. The molecule has 0 aliphatic heterocycles. The van der Waals surface area contributed by atoms with Gasteiger partial charge in [-0.2, -0.15) is 0 Å². The van der Waals surface area contributed by atoms with E-state index in [4.69, 9.17) is 0 Å². The molecule has 30 heavy (non-hydrogen) atoms. The van der Waals surface area contributed by atoms with Crippen LogP contribution in [-0.2, 0) is 16.4 Å². The number of nitrogens with zero attached hydrogens (tertiary/aromatic N) is 1. The van der Waals surface area contributed by atoms with Crippen molar-refractivity contribution in [3.63, 3.8) is 0 Å². The molecule has 0 unspecified atom stereocenters. The average Bonchev–Trinajstić information content (AvgIpc) is 2.68. The van der Waals surface area contributed by atoms with Gasteiger partial charge in [0.25, 0.3) is 0 Å². The fraction of sp³-hybridized carbons (Fsp3) is 0.316. The van der Waals surface area contributed by atoms with Crippen LogP contribution in [0.3, 0.4) is 0 Å². The Morgan fingerprint density at radius 2 is 1.67 bits per heavy atom. The first-order chi connectivity index (χ1) is 13.7. The summed E-state index contributed by atoms with van der Waals surface area (Å²) in [6.45, 7) is 0.376. The van der Waals surface area contributed by atoms with Crippen molar-refractivity contribution in [3.05, 3.63) is 60.2 Å². The van der Waals surface area contributed by atoms with E-state index in [2.05, 4.69) is 20.4 Å². The smallest absolute Gasteiger partial charge is 0.405 e. The molecule has 0 aromatic heterocycles. The highest BCUT2D eigenvalue weighted by Crippen LogP contribution is 2.26. The Balaban J connectivity index is 0.00000450. The van der Waals surface area contributed by atoms with Crippen LogP contribution in [0.2, 0.25) is 0 Å². The number of sulfone groups is 1. The summed E-state index contributed by atoms with van der Waals surface area (Å²) in [6.07, 6.45) is -4.44. The summed E-state index contributed by atoms with van der Waals surface area (Å²) in [5.41, 5.74) is 0.305. The van der Waals surface area contributed by atoms with E-state index in [1.54, 1.807) is 36.4 Å². The molecule has 166 valence electrons. The molecule has 0 aliphatic rings. The standard InChI is InChI=1S/C19H22F3N3O3S.HI/c1-23-18(24-12-7-13-29(26,27)16-9-3-2-4-10-16)25-14-15-8-5-6-11-17(15)28-19(20,21)22;/h2-6,8-11H,7,12-14H2,1H3,(H2,23,24,25);1H. The molecule has 0 saturated carbocycles. The number of ether oxygens (including phenoxy) is 1. The lowest BCUT2D eigenvalue weighted by molar-refractivity contribution is -0.274. The minimum Gasteiger partial charge on any atom is -0.405 e. The summed E-state index contributed by atoms with van der Waals surface area (Å²) >= 11 is 0. The van der Waals surface area contributed by atoms with Crippen LogP contribution in [0, 0.1) is 0 Å². The van der Waals surface area contributed by atoms with E-state index in [-0.39, 0.29) is 46.9 Å². The molecule has 11 heteroatoms. The van der Waals surface area contributed by atoms with Crippen molar-refractivity contribution in [2.24, 2.45) is 4.99 Å². The second-order valence-electron chi connectivity index (χ2n) is 5.99. The molecule has 0 amide bonds. The zero-order valence-corrected chi connectivity index (χ0v) is 19.3. The van der Waals surface area contributed by atoms with Crippen molar-refractivity contribution >= 4 is 39.8 Å². The van der Waals surface area contributed by atoms with Crippen LogP contribution >= 0.6 is 24.0 Å². The molecule has 0 radical (unpaired) electrons. The van der Waals surface area contributed by atoms with Crippen LogP contribution in [0.4, 0.5) is 13.2 Å². The molecule has 0 atom stereocenters. The number of benzene rings is 2. The quantitative estimate of drug-likeness (QED) is 0.224. The van der Waals surface area contributed by atoms with Crippen LogP contribution in [0.25, 0.3) is 0 Å². The lowest BCUT2D eigenvalue weighted by atomic mass is 10.2. The Hall–Kier alpha value is -2.02. The zero-order chi connectivity index (χ0) is 21.3. The van der Waals surface area contributed by atoms with Crippen LogP contribution < -0.4 is 15.4 Å². The lowest BCUT2D eigenvalue weighted by Crippen LogP contribution is -2.37. The van der Waals surface area contributed by atoms with Crippen LogP contribution in [0.15, 0.2) is 64.5 Å². The summed E-state index contributed by atoms with van der Waals surface area (Å²) < 4.78 is 65.9. The minimum absolute atomic E-state index is 0. The molecule has 0 fully saturated rings. The fourth-order valence-electron chi connectivity index (χ4n) is 2.49. The first-order valence-corrected chi connectivity index (χ1v) is 10.4. The Labute approximate surface area is 190 Å². The van der Waals surface area contributed by atoms with Crippen LogP contribution in [0.5, 0.6) is 5.75 Å². The molecule has 0 saturated heterocycles. The highest BCUT2D eigenvalue weighted by molar-refractivity contribution is 14.0. The summed E-state index contributed by atoms with van der Waals surface area (Å²) in [5.74, 6) is 0.00400. The molecule has 0 heterocycles. The van der Waals surface area contributed by atoms with E-state index in [0.717, 1.165) is 0 Å². The number of aliphatic imine (C=N–C) groups is 1. The number of guanidine groups is 1. The maximum atomic E-state index is 12.5. The van der Waals surface area contributed by atoms with Gasteiger partial charge < -0.3 is 15.4 Å². The molecule has 0 aliphatic carbocycles. The Morgan fingerprint density at radius 3 is 2.30 bits per heavy atom. The molecule has 0 spiro atoms. The van der Waals surface area contributed by atoms with Crippen LogP contribution in [-0.4, -0.2) is 40.1 Å². The van der Waals surface area contributed by atoms with Gasteiger partial charge in [-0.05, 0) is 24.6 Å². The molecule has 2 rings (SSSR count). The van der Waals surface area contributed by atoms with Crippen LogP contribution in [0.1, 0.15) is 12.0 Å². The van der Waals surface area contributed by atoms with E-state index in [1.807, 2.05) is 0 Å². The molecule has 2 aromatic carbocycles. The molecular formula is C19H23F3IN3O3S. The van der Waals surface area contributed by atoms with Gasteiger partial charge in [0, 0.05) is 25.7 Å². The second-order valence-corrected chi connectivity index (χ2v) is 8.10. The topological polar surface area (TPSA) is 79.8 Å². The maximum absolute atomic E-state index is 12.5. The molecule has 2 N–H and O–H groups in total. The van der Waals surface area contributed by atoms with E-state index in [0.29, 0.717) is 24.5 Å². The number of hydrogen-bond donors (Lipinski definition) is 2. The van der Waals surface area contributed by atoms with Gasteiger partial charge in [-0.15, -0.1) is 37.1 Å². The van der Waals surface area contributed by atoms with Gasteiger partial charge in [-0.1, -0.05) is 36.4 Å². The van der Waals surface area contributed by atoms with Crippen molar-refractivity contribution in [3.8, 4) is 5.75 Å². The van der Waals surface area contributed by atoms with Crippen molar-refractivity contribution in [1.29, 1.82) is 0 Å². The maximum Gasteiger partial charge on any atom is 0.573 e. The van der Waals surface area contributed by atoms with E-state index in [9.17, 15) is 21.6 Å². The predicted molar refractivity (Wildman–Crippen MR) is 120 cm³/mol. The van der Waals surface area contributed by atoms with Gasteiger partial charge in [0.05, 0.1) is 10.6 Å². The molecular weight excluding hydrogens is 534 g/mol. The Morgan fingerprint density at radius 1 is 1.03 bits per heavy atom. The minimum atomic E-state index is -4.78. The van der Waals surface area contributed by atoms with Gasteiger partial charge in [0.1, 0.15) is 5.75 Å². The van der Waals surface area contributed by atoms with Gasteiger partial charge in [0.2, 0.25) is 0 Å². The number of halogens is 4. The number of hydrogen-bond acceptors (Lipinski definition) is 4. The number of nitrogens with one attached hydrogen (secondary N) is 2. The third-order valence-electron chi connectivity index (χ3n) is 3.85. The number of para-hydroxylation sites is 1. The molecule has 2 aromatic rings. The molecule has 6 nitrogen and oxygen atoms in total. The monoisotopic (exact) mass is 557 g/mol. The summed E-state index contributed by atoms with van der Waals surface area (Å²) in [4.78, 5) is 4.25. The van der Waals surface area contributed by atoms with Gasteiger partial charge >= 0.3 is 6.36 Å². The van der Waals surface area contributed by atoms with Crippen molar-refractivity contribution in [1.82, 2.24) is 10.6 Å². The first-order valence-electron chi connectivity index (χ1n) is 8.77. The largest absolute Gasteiger partial charge is 0.573 e. The second kappa shape index (κ2) is 12.0. The summed E-state index contributed by atoms with van der Waals surface area (Å²) in [5, 5.41) is 5.83. The summed E-state index contributed by atoms with van der Waals surface area (Å²) in [7, 11) is -1.86. The van der Waals surface area contributed by atoms with Crippen molar-refractivity contribution in [2.45, 2.75) is 24.2 Å². The Kier molecular flexibility index (Phi) is 10.4. The van der Waals surface area contributed by atoms with Gasteiger partial charge in [-0.25, -0.2) is 8.42 Å². The lowest BCUT2D eigenvalue weighted by Gasteiger charge is -2.15. The van der Waals surface area contributed by atoms with E-state index >= 15 is 0 Å². The predicted octanol–water partition coefficient (Wildman–Crippen LogP) is 3.73. The summed E-state index contributed by atoms with van der Waals surface area (Å²) in [6, 6.07) is 14.0. The van der Waals surface area contributed by atoms with Gasteiger partial charge in [-0.3, -0.25) is 4.99 Å². The third kappa shape index (κ3) is 8.78. The van der Waals surface area contributed by atoms with Crippen molar-refractivity contribution in [2.75, 3.05) is 19.3 Å². The van der Waals surface area contributed by atoms with E-state index in [1.165, 1.54) is 25.2 Å². The first kappa shape index (κ1) is 26.0. The zero-order valence-electron chi connectivity index (χ0n) is 16.1. The Bertz CT molecular complexity index is 923. The highest BCUT2D eigenvalue weighted by atomic mass is 127. The fourth-order valence-corrected chi connectivity index (χ4v) is 3.82. The van der Waals surface area contributed by atoms with E-state index < -0.39 is 16.2 Å². The normalized spacial score (nSPS) is 12.1. The SMILES string of the molecule is CN=C(NCCCS(=O)(=O)c1ccccc1)NCc1ccccc1OC(F)(F)F.I. The number of alkyl halides is 3. The molecule has 0 bridgehead atoms. The third-order valence-corrected chi connectivity index (χ3v) is 5.67. The van der Waals surface area contributed by atoms with Crippen molar-refractivity contribution < 1.29 is 26.3 Å². The van der Waals surface area contributed by atoms with Gasteiger partial charge in [0.15, 0.2) is 15.8 Å². The highest BCUT2D eigenvalue weighted by Gasteiger charge is 2.31. The average molecular weight is 557 g/mol.